The number of hydrogen-bond acceptors (Lipinski definition) is 4. The molecule has 1 aromatic heterocycles. The third-order valence-corrected chi connectivity index (χ3v) is 5.58. The minimum absolute atomic E-state index is 0.0537. The summed E-state index contributed by atoms with van der Waals surface area (Å²) < 4.78 is 1.75. The van der Waals surface area contributed by atoms with Gasteiger partial charge in [-0.25, -0.2) is 9.67 Å². The van der Waals surface area contributed by atoms with Gasteiger partial charge in [0, 0.05) is 19.0 Å². The zero-order valence-corrected chi connectivity index (χ0v) is 15.5. The number of nitrogens with zero attached hydrogens (tertiary/aromatic N) is 4. The molecule has 2 heterocycles. The zero-order valence-electron chi connectivity index (χ0n) is 15.5. The first-order valence-electron chi connectivity index (χ1n) is 9.57. The zero-order chi connectivity index (χ0) is 18.8. The standard InChI is InChI=1S/C20H25N5O2/c1-14-7-16(8-14)20(27)24-10-17(11-25-18(12-24)22-13-23-25)19(26)21-9-15-5-3-2-4-6-15/h2-6,13-14,16-17H,7-12H2,1H3,(H,21,26). The molecule has 1 saturated carbocycles. The van der Waals surface area contributed by atoms with Crippen molar-refractivity contribution in [2.24, 2.45) is 17.8 Å². The van der Waals surface area contributed by atoms with Crippen LogP contribution in [0.15, 0.2) is 36.7 Å². The molecule has 7 nitrogen and oxygen atoms in total. The van der Waals surface area contributed by atoms with Crippen LogP contribution in [0.25, 0.3) is 0 Å². The van der Waals surface area contributed by atoms with Gasteiger partial charge < -0.3 is 10.2 Å². The average molecular weight is 367 g/mol. The van der Waals surface area contributed by atoms with Crippen LogP contribution in [0.3, 0.4) is 0 Å². The fraction of sp³-hybridized carbons (Fsp3) is 0.500. The molecule has 0 spiro atoms. The molecule has 1 aliphatic carbocycles. The van der Waals surface area contributed by atoms with Gasteiger partial charge in [0.2, 0.25) is 11.8 Å². The molecule has 1 N–H and O–H groups in total. The number of carbonyl (C=O) groups excluding carboxylic acids is 2. The summed E-state index contributed by atoms with van der Waals surface area (Å²) >= 11 is 0. The molecule has 0 saturated heterocycles. The summed E-state index contributed by atoms with van der Waals surface area (Å²) in [5.74, 6) is 1.20. The lowest BCUT2D eigenvalue weighted by molar-refractivity contribution is -0.141. The van der Waals surface area contributed by atoms with Crippen LogP contribution in [0.4, 0.5) is 0 Å². The number of carbonyl (C=O) groups is 2. The molecule has 142 valence electrons. The molecule has 0 radical (unpaired) electrons. The molecule has 1 atom stereocenters. The highest BCUT2D eigenvalue weighted by atomic mass is 16.2. The van der Waals surface area contributed by atoms with Gasteiger partial charge in [-0.15, -0.1) is 0 Å². The van der Waals surface area contributed by atoms with Gasteiger partial charge in [-0.2, -0.15) is 5.10 Å². The number of aromatic nitrogens is 3. The van der Waals surface area contributed by atoms with Crippen LogP contribution >= 0.6 is 0 Å². The highest BCUT2D eigenvalue weighted by molar-refractivity contribution is 5.82. The lowest BCUT2D eigenvalue weighted by atomic mass is 9.75. The predicted molar refractivity (Wildman–Crippen MR) is 99.1 cm³/mol. The van der Waals surface area contributed by atoms with Gasteiger partial charge >= 0.3 is 0 Å². The first kappa shape index (κ1) is 17.7. The summed E-state index contributed by atoms with van der Waals surface area (Å²) in [7, 11) is 0. The SMILES string of the molecule is CC1CC(C(=O)N2Cc3ncnn3CC(C(=O)NCc3ccccc3)C2)C1. The number of benzene rings is 1. The fourth-order valence-electron chi connectivity index (χ4n) is 3.96. The van der Waals surface area contributed by atoms with Crippen LogP contribution in [0.5, 0.6) is 0 Å². The Morgan fingerprint density at radius 2 is 1.93 bits per heavy atom. The smallest absolute Gasteiger partial charge is 0.227 e. The summed E-state index contributed by atoms with van der Waals surface area (Å²) in [5.41, 5.74) is 1.05. The Balaban J connectivity index is 1.46. The first-order chi connectivity index (χ1) is 13.1. The van der Waals surface area contributed by atoms with Crippen molar-refractivity contribution in [2.45, 2.75) is 39.4 Å². The average Bonchev–Trinajstić information content (AvgIpc) is 3.01. The Labute approximate surface area is 158 Å². The molecular weight excluding hydrogens is 342 g/mol. The number of rotatable bonds is 4. The van der Waals surface area contributed by atoms with Crippen molar-refractivity contribution in [3.8, 4) is 0 Å². The minimum Gasteiger partial charge on any atom is -0.352 e. The Morgan fingerprint density at radius 1 is 1.15 bits per heavy atom. The molecule has 7 heteroatoms. The monoisotopic (exact) mass is 367 g/mol. The second-order valence-electron chi connectivity index (χ2n) is 7.75. The summed E-state index contributed by atoms with van der Waals surface area (Å²) in [6, 6.07) is 9.82. The van der Waals surface area contributed by atoms with E-state index >= 15 is 0 Å². The van der Waals surface area contributed by atoms with E-state index < -0.39 is 0 Å². The van der Waals surface area contributed by atoms with Crippen molar-refractivity contribution < 1.29 is 9.59 Å². The normalized spacial score (nSPS) is 24.5. The van der Waals surface area contributed by atoms with Crippen LogP contribution in [0, 0.1) is 17.8 Å². The van der Waals surface area contributed by atoms with Gasteiger partial charge in [0.1, 0.15) is 12.2 Å². The Morgan fingerprint density at radius 3 is 2.67 bits per heavy atom. The van der Waals surface area contributed by atoms with Crippen molar-refractivity contribution in [3.05, 3.63) is 48.0 Å². The summed E-state index contributed by atoms with van der Waals surface area (Å²) in [5, 5.41) is 7.24. The van der Waals surface area contributed by atoms with E-state index in [0.717, 1.165) is 24.2 Å². The van der Waals surface area contributed by atoms with Crippen molar-refractivity contribution in [2.75, 3.05) is 6.54 Å². The number of fused-ring (bicyclic) bond motifs is 1. The van der Waals surface area contributed by atoms with Crippen molar-refractivity contribution in [1.82, 2.24) is 25.0 Å². The van der Waals surface area contributed by atoms with E-state index in [0.29, 0.717) is 32.1 Å². The highest BCUT2D eigenvalue weighted by Crippen LogP contribution is 2.35. The molecule has 1 aliphatic heterocycles. The summed E-state index contributed by atoms with van der Waals surface area (Å²) in [6.45, 7) is 3.93. The van der Waals surface area contributed by atoms with Gasteiger partial charge in [-0.3, -0.25) is 9.59 Å². The van der Waals surface area contributed by atoms with E-state index in [9.17, 15) is 9.59 Å². The predicted octanol–water partition coefficient (Wildman–Crippen LogP) is 1.60. The number of amides is 2. The third kappa shape index (κ3) is 3.86. The van der Waals surface area contributed by atoms with E-state index in [-0.39, 0.29) is 23.7 Å². The van der Waals surface area contributed by atoms with Crippen LogP contribution in [-0.4, -0.2) is 38.0 Å². The van der Waals surface area contributed by atoms with E-state index in [1.807, 2.05) is 30.3 Å². The van der Waals surface area contributed by atoms with E-state index in [2.05, 4.69) is 22.3 Å². The van der Waals surface area contributed by atoms with E-state index in [1.54, 1.807) is 9.58 Å². The molecule has 2 amide bonds. The first-order valence-corrected chi connectivity index (χ1v) is 9.57. The van der Waals surface area contributed by atoms with Crippen LogP contribution in [-0.2, 0) is 29.2 Å². The Kier molecular flexibility index (Phi) is 4.92. The lowest BCUT2D eigenvalue weighted by Crippen LogP contribution is -2.45. The molecule has 4 rings (SSSR count). The molecule has 2 aliphatic rings. The quantitative estimate of drug-likeness (QED) is 0.890. The van der Waals surface area contributed by atoms with Crippen molar-refractivity contribution >= 4 is 11.8 Å². The summed E-state index contributed by atoms with van der Waals surface area (Å²) in [4.78, 5) is 31.8. The molecule has 27 heavy (non-hydrogen) atoms. The second kappa shape index (κ2) is 7.50. The van der Waals surface area contributed by atoms with Gasteiger partial charge in [0.15, 0.2) is 0 Å². The molecule has 1 unspecified atom stereocenters. The maximum absolute atomic E-state index is 12.9. The van der Waals surface area contributed by atoms with E-state index in [1.165, 1.54) is 6.33 Å². The van der Waals surface area contributed by atoms with Gasteiger partial charge in [-0.1, -0.05) is 37.3 Å². The van der Waals surface area contributed by atoms with Gasteiger partial charge in [0.05, 0.1) is 19.0 Å². The number of hydrogen-bond donors (Lipinski definition) is 1. The van der Waals surface area contributed by atoms with Crippen LogP contribution in [0.1, 0.15) is 31.2 Å². The Hall–Kier alpha value is -2.70. The van der Waals surface area contributed by atoms with Crippen LogP contribution in [0.2, 0.25) is 0 Å². The highest BCUT2D eigenvalue weighted by Gasteiger charge is 2.37. The van der Waals surface area contributed by atoms with Crippen molar-refractivity contribution in [1.29, 1.82) is 0 Å². The summed E-state index contributed by atoms with van der Waals surface area (Å²) in [6.07, 6.45) is 3.37. The van der Waals surface area contributed by atoms with Crippen LogP contribution < -0.4 is 5.32 Å². The molecule has 1 fully saturated rings. The van der Waals surface area contributed by atoms with E-state index in [4.69, 9.17) is 0 Å². The van der Waals surface area contributed by atoms with Gasteiger partial charge in [0.25, 0.3) is 0 Å². The molecule has 0 bridgehead atoms. The molecule has 2 aromatic rings. The maximum Gasteiger partial charge on any atom is 0.227 e. The minimum atomic E-state index is -0.335. The van der Waals surface area contributed by atoms with Gasteiger partial charge in [-0.05, 0) is 24.3 Å². The molecular formula is C20H25N5O2. The fourth-order valence-corrected chi connectivity index (χ4v) is 3.96. The Bertz CT molecular complexity index is 813. The molecule has 1 aromatic carbocycles. The topological polar surface area (TPSA) is 80.1 Å². The van der Waals surface area contributed by atoms with Crippen molar-refractivity contribution in [3.63, 3.8) is 0 Å². The third-order valence-electron chi connectivity index (χ3n) is 5.58. The second-order valence-corrected chi connectivity index (χ2v) is 7.75. The number of nitrogens with one attached hydrogen (secondary N) is 1. The largest absolute Gasteiger partial charge is 0.352 e. The maximum atomic E-state index is 12.9. The lowest BCUT2D eigenvalue weighted by Gasteiger charge is -2.35.